The quantitative estimate of drug-likeness (QED) is 0.164. The lowest BCUT2D eigenvalue weighted by Crippen LogP contribution is -2.14. The molecule has 0 spiro atoms. The van der Waals surface area contributed by atoms with Crippen LogP contribution in [0.25, 0.3) is 61.5 Å². The summed E-state index contributed by atoms with van der Waals surface area (Å²) in [5, 5.41) is 0. The maximum Gasteiger partial charge on any atom is 0.0794 e. The normalized spacial score (nSPS) is 17.0. The zero-order valence-electron chi connectivity index (χ0n) is 31.1. The zero-order valence-corrected chi connectivity index (χ0v) is 31.1. The standard InChI is InChI=1S/C54H40N2/c1-5-16-37(17-6-1)38-28-30-42(31-29-38)51-35-46(34-50(55-51)40-20-9-3-10-21-40)43-25-15-26-44(32-43)49-33-45-24-13-14-27-47(45)53-48(39-18-7-2-8-19-39)36-52(56-54(49)53)41-22-11-4-12-23-41/h1-23,25-28,30-36,38,45H,24,29H2. The average Bonchev–Trinajstić information content (AvgIpc) is 3.29. The Balaban J connectivity index is 1.11. The fourth-order valence-corrected chi connectivity index (χ4v) is 8.45. The van der Waals surface area contributed by atoms with E-state index in [4.69, 9.17) is 9.97 Å². The summed E-state index contributed by atoms with van der Waals surface area (Å²) in [6, 6.07) is 58.5. The third kappa shape index (κ3) is 6.50. The van der Waals surface area contributed by atoms with Crippen molar-refractivity contribution in [2.75, 3.05) is 0 Å². The molecule has 0 saturated carbocycles. The van der Waals surface area contributed by atoms with Gasteiger partial charge in [0, 0.05) is 34.1 Å². The van der Waals surface area contributed by atoms with Crippen LogP contribution in [-0.2, 0) is 0 Å². The molecular weight excluding hydrogens is 677 g/mol. The van der Waals surface area contributed by atoms with Crippen molar-refractivity contribution in [2.45, 2.75) is 18.8 Å². The van der Waals surface area contributed by atoms with Crippen LogP contribution in [0.1, 0.15) is 46.8 Å². The lowest BCUT2D eigenvalue weighted by Gasteiger charge is -2.30. The molecule has 0 radical (unpaired) electrons. The minimum Gasteiger partial charge on any atom is -0.248 e. The highest BCUT2D eigenvalue weighted by Crippen LogP contribution is 2.48. The van der Waals surface area contributed by atoms with Gasteiger partial charge in [0.05, 0.1) is 22.8 Å². The summed E-state index contributed by atoms with van der Waals surface area (Å²) in [5.74, 6) is 0.633. The van der Waals surface area contributed by atoms with Crippen LogP contribution in [0.3, 0.4) is 0 Å². The molecule has 3 aliphatic carbocycles. The first-order chi connectivity index (χ1) is 27.7. The van der Waals surface area contributed by atoms with E-state index in [0.717, 1.165) is 69.0 Å². The Hall–Kier alpha value is -6.90. The minimum atomic E-state index is 0.264. The second-order valence-corrected chi connectivity index (χ2v) is 14.8. The predicted octanol–water partition coefficient (Wildman–Crippen LogP) is 13.7. The zero-order chi connectivity index (χ0) is 37.3. The van der Waals surface area contributed by atoms with Gasteiger partial charge < -0.3 is 0 Å². The van der Waals surface area contributed by atoms with Gasteiger partial charge >= 0.3 is 0 Å². The molecule has 266 valence electrons. The molecule has 2 aromatic heterocycles. The number of aromatic nitrogens is 2. The molecule has 0 bridgehead atoms. The maximum atomic E-state index is 5.52. The van der Waals surface area contributed by atoms with Crippen molar-refractivity contribution in [3.8, 4) is 44.8 Å². The molecular formula is C54H40N2. The molecule has 2 atom stereocenters. The number of nitrogens with zero attached hydrogens (tertiary/aromatic N) is 2. The SMILES string of the molecule is C1=CCC2C=C(c3cccc(-c4cc(C5=CCC(c6ccccc6)C=C5)nc(-c5ccccc5)c4)c3)c3nc(-c4ccccc4)cc(-c4ccccc4)c3C2=C1. The highest BCUT2D eigenvalue weighted by molar-refractivity contribution is 5.98. The monoisotopic (exact) mass is 716 g/mol. The number of rotatable bonds is 7. The van der Waals surface area contributed by atoms with Gasteiger partial charge in [0.25, 0.3) is 0 Å². The van der Waals surface area contributed by atoms with Gasteiger partial charge in [-0.1, -0.05) is 182 Å². The van der Waals surface area contributed by atoms with Crippen molar-refractivity contribution in [3.05, 3.63) is 234 Å². The molecule has 7 aromatic rings. The number of pyridine rings is 2. The van der Waals surface area contributed by atoms with Crippen molar-refractivity contribution >= 4 is 16.7 Å². The first-order valence-corrected chi connectivity index (χ1v) is 19.6. The molecule has 0 fully saturated rings. The largest absolute Gasteiger partial charge is 0.248 e. The van der Waals surface area contributed by atoms with Gasteiger partial charge in [-0.15, -0.1) is 0 Å². The predicted molar refractivity (Wildman–Crippen MR) is 233 cm³/mol. The van der Waals surface area contributed by atoms with Crippen LogP contribution >= 0.6 is 0 Å². The van der Waals surface area contributed by atoms with Gasteiger partial charge in [-0.05, 0) is 81.6 Å². The van der Waals surface area contributed by atoms with E-state index in [0.29, 0.717) is 5.92 Å². The summed E-state index contributed by atoms with van der Waals surface area (Å²) in [4.78, 5) is 10.8. The van der Waals surface area contributed by atoms with Crippen molar-refractivity contribution in [1.82, 2.24) is 9.97 Å². The van der Waals surface area contributed by atoms with Crippen LogP contribution in [0.5, 0.6) is 0 Å². The van der Waals surface area contributed by atoms with Crippen molar-refractivity contribution in [1.29, 1.82) is 0 Å². The molecule has 2 heterocycles. The number of hydrogen-bond acceptors (Lipinski definition) is 2. The maximum absolute atomic E-state index is 5.52. The van der Waals surface area contributed by atoms with Crippen molar-refractivity contribution < 1.29 is 0 Å². The molecule has 2 nitrogen and oxygen atoms in total. The van der Waals surface area contributed by atoms with Crippen LogP contribution in [0.4, 0.5) is 0 Å². The van der Waals surface area contributed by atoms with Crippen molar-refractivity contribution in [2.24, 2.45) is 5.92 Å². The fourth-order valence-electron chi connectivity index (χ4n) is 8.45. The molecule has 10 rings (SSSR count). The highest BCUT2D eigenvalue weighted by atomic mass is 14.7. The number of allylic oxidation sites excluding steroid dienone is 9. The molecule has 0 aliphatic heterocycles. The van der Waals surface area contributed by atoms with E-state index >= 15 is 0 Å². The number of hydrogen-bond donors (Lipinski definition) is 0. The van der Waals surface area contributed by atoms with Crippen LogP contribution in [0, 0.1) is 5.92 Å². The number of benzene rings is 5. The van der Waals surface area contributed by atoms with E-state index < -0.39 is 0 Å². The second-order valence-electron chi connectivity index (χ2n) is 14.8. The molecule has 2 unspecified atom stereocenters. The molecule has 2 heteroatoms. The van der Waals surface area contributed by atoms with E-state index in [2.05, 4.69) is 206 Å². The molecule has 0 saturated heterocycles. The Morgan fingerprint density at radius 2 is 1.11 bits per heavy atom. The summed E-state index contributed by atoms with van der Waals surface area (Å²) < 4.78 is 0. The third-order valence-electron chi connectivity index (χ3n) is 11.3. The van der Waals surface area contributed by atoms with Gasteiger partial charge in [-0.3, -0.25) is 0 Å². The Morgan fingerprint density at radius 1 is 0.482 bits per heavy atom. The second kappa shape index (κ2) is 14.7. The van der Waals surface area contributed by atoms with E-state index in [9.17, 15) is 0 Å². The molecule has 56 heavy (non-hydrogen) atoms. The Kier molecular flexibility index (Phi) is 8.85. The van der Waals surface area contributed by atoms with Gasteiger partial charge in [0.2, 0.25) is 0 Å². The molecule has 5 aromatic carbocycles. The van der Waals surface area contributed by atoms with E-state index in [1.54, 1.807) is 0 Å². The van der Waals surface area contributed by atoms with Gasteiger partial charge in [0.15, 0.2) is 0 Å². The smallest absolute Gasteiger partial charge is 0.0794 e. The average molecular weight is 717 g/mol. The minimum absolute atomic E-state index is 0.264. The van der Waals surface area contributed by atoms with Crippen molar-refractivity contribution in [3.63, 3.8) is 0 Å². The van der Waals surface area contributed by atoms with Gasteiger partial charge in [-0.25, -0.2) is 9.97 Å². The lowest BCUT2D eigenvalue weighted by molar-refractivity contribution is 0.836. The van der Waals surface area contributed by atoms with E-state index in [1.807, 2.05) is 0 Å². The molecule has 0 N–H and O–H groups in total. The van der Waals surface area contributed by atoms with Crippen LogP contribution in [-0.4, -0.2) is 9.97 Å². The van der Waals surface area contributed by atoms with Crippen LogP contribution < -0.4 is 0 Å². The Bertz CT molecular complexity index is 2720. The third-order valence-corrected chi connectivity index (χ3v) is 11.3. The summed E-state index contributed by atoms with van der Waals surface area (Å²) in [6.45, 7) is 0. The summed E-state index contributed by atoms with van der Waals surface area (Å²) in [6.07, 6.45) is 18.1. The van der Waals surface area contributed by atoms with Crippen LogP contribution in [0.15, 0.2) is 206 Å². The molecule has 0 amide bonds. The number of fused-ring (bicyclic) bond motifs is 3. The topological polar surface area (TPSA) is 25.8 Å². The first kappa shape index (κ1) is 33.7. The van der Waals surface area contributed by atoms with Gasteiger partial charge in [0.1, 0.15) is 0 Å². The summed E-state index contributed by atoms with van der Waals surface area (Å²) >= 11 is 0. The Labute approximate surface area is 329 Å². The van der Waals surface area contributed by atoms with E-state index in [1.165, 1.54) is 33.4 Å². The van der Waals surface area contributed by atoms with E-state index in [-0.39, 0.29) is 5.92 Å². The summed E-state index contributed by atoms with van der Waals surface area (Å²) in [5.41, 5.74) is 18.3. The molecule has 3 aliphatic rings. The fraction of sp³-hybridized carbons (Fsp3) is 0.0741. The van der Waals surface area contributed by atoms with Gasteiger partial charge in [-0.2, -0.15) is 0 Å². The first-order valence-electron chi connectivity index (χ1n) is 19.6. The highest BCUT2D eigenvalue weighted by Gasteiger charge is 2.30. The summed E-state index contributed by atoms with van der Waals surface area (Å²) in [7, 11) is 0. The van der Waals surface area contributed by atoms with Crippen LogP contribution in [0.2, 0.25) is 0 Å². The lowest BCUT2D eigenvalue weighted by atomic mass is 9.75. The Morgan fingerprint density at radius 3 is 1.80 bits per heavy atom.